The number of hydrogen-bond donors (Lipinski definition) is 2. The Labute approximate surface area is 469 Å². The molecule has 0 amide bonds. The van der Waals surface area contributed by atoms with Crippen molar-refractivity contribution in [1.29, 1.82) is 0 Å². The van der Waals surface area contributed by atoms with Gasteiger partial charge < -0.3 is 86.0 Å². The van der Waals surface area contributed by atoms with Crippen molar-refractivity contribution in [3.8, 4) is 0 Å². The molecule has 0 saturated carbocycles. The summed E-state index contributed by atoms with van der Waals surface area (Å²) in [5, 5.41) is 20.3. The highest BCUT2D eigenvalue weighted by Crippen LogP contribution is 2.58. The third kappa shape index (κ3) is 8.91. The van der Waals surface area contributed by atoms with E-state index in [0.29, 0.717) is 70.8 Å². The van der Waals surface area contributed by atoms with Gasteiger partial charge in [-0.1, -0.05) is 40.9 Å². The van der Waals surface area contributed by atoms with Crippen LogP contribution in [0.25, 0.3) is 0 Å². The van der Waals surface area contributed by atoms with E-state index in [9.17, 15) is 15.0 Å². The molecule has 1 unspecified atom stereocenters. The molecule has 3 spiro atoms. The zero-order valence-corrected chi connectivity index (χ0v) is 47.0. The Kier molecular flexibility index (Phi) is 13.4. The molecule has 17 heterocycles. The predicted octanol–water partition coefficient (Wildman–Crippen LogP) is 5.19. The van der Waals surface area contributed by atoms with Gasteiger partial charge in [0.25, 0.3) is 0 Å². The van der Waals surface area contributed by atoms with E-state index in [0.717, 1.165) is 49.7 Å². The van der Waals surface area contributed by atoms with Crippen LogP contribution < -0.4 is 0 Å². The number of carbonyl (C=O) groups excluding carboxylic acids is 1. The summed E-state index contributed by atoms with van der Waals surface area (Å²) in [6.45, 7) is 18.0. The molecule has 12 bridgehead atoms. The van der Waals surface area contributed by atoms with Crippen LogP contribution in [0.15, 0.2) is 24.3 Å². The number of ether oxygens (including phenoxy) is 16. The first-order valence-electron chi connectivity index (χ1n) is 31.3. The van der Waals surface area contributed by atoms with E-state index in [1.807, 2.05) is 0 Å². The third-order valence-electron chi connectivity index (χ3n) is 22.7. The van der Waals surface area contributed by atoms with E-state index in [1.165, 1.54) is 0 Å². The maximum atomic E-state index is 14.6. The zero-order chi connectivity index (χ0) is 54.3. The molecule has 444 valence electrons. The topological polar surface area (TPSA) is 205 Å². The molecule has 33 atom stereocenters. The average Bonchev–Trinajstić information content (AvgIpc) is 3.65. The number of esters is 1. The highest BCUT2D eigenvalue weighted by molar-refractivity contribution is 5.70. The van der Waals surface area contributed by atoms with Crippen LogP contribution in [-0.2, 0) is 80.6 Å². The van der Waals surface area contributed by atoms with Gasteiger partial charge in [-0.3, -0.25) is 4.79 Å². The fourth-order valence-corrected chi connectivity index (χ4v) is 18.9. The summed E-state index contributed by atoms with van der Waals surface area (Å²) in [7, 11) is 0. The number of aliphatic hydroxyl groups is 2. The van der Waals surface area contributed by atoms with Crippen molar-refractivity contribution in [3.63, 3.8) is 0 Å². The Morgan fingerprint density at radius 3 is 2.04 bits per heavy atom. The number of rotatable bonds is 2. The van der Waals surface area contributed by atoms with Gasteiger partial charge in [0.15, 0.2) is 17.4 Å². The van der Waals surface area contributed by atoms with Crippen LogP contribution in [0, 0.1) is 29.6 Å². The molecule has 19 heteroatoms. The molecule has 80 heavy (non-hydrogen) atoms. The van der Waals surface area contributed by atoms with Gasteiger partial charge in [-0.25, -0.2) is 0 Å². The van der Waals surface area contributed by atoms with Crippen LogP contribution in [0.4, 0.5) is 0 Å². The smallest absolute Gasteiger partial charge is 0.308 e. The molecule has 0 aromatic carbocycles. The number of carbonyl (C=O) groups is 1. The standard InChI is InChI=1S/C61H86O19/c1-26-13-32-7-9-37-27(2)14-34(66-37)11-12-59-22-46-55(79-59)56-57(72-46)58(80-59)54-38(70-56)10-8-33(68-54)15-48(64)73-52-31(6)51-43(69-42(52)16-39(67-32)30(26)5)17-40-45(71-51)21-61(75-40)23-47-50(78-61)29(4)20-60(77-47)19-28(3)49-44(76-60)18-41-53(74-49)35(25-65-41)36(63)24-62/h26,28-29,31-47,49-58,62-63H,2,5,7-25H2,1,3-4,6H3/t26-,28+,29+,31+,32+,33-,34+,35-,36+,37+,38+,39-,40-,41-,42+,43+,44+,45-,46-,47+,49+,50+,51+,52-,53-,54+,55?,56+,57-,58+,59+,60-,61+/m1/s1. The molecule has 17 aliphatic heterocycles. The Bertz CT molecular complexity index is 2410. The fourth-order valence-electron chi connectivity index (χ4n) is 18.9. The zero-order valence-electron chi connectivity index (χ0n) is 47.0. The van der Waals surface area contributed by atoms with Gasteiger partial charge in [-0.05, 0) is 73.8 Å². The summed E-state index contributed by atoms with van der Waals surface area (Å²) < 4.78 is 110. The van der Waals surface area contributed by atoms with Crippen molar-refractivity contribution in [2.45, 2.75) is 307 Å². The predicted molar refractivity (Wildman–Crippen MR) is 276 cm³/mol. The molecule has 2 N–H and O–H groups in total. The first-order valence-corrected chi connectivity index (χ1v) is 31.3. The summed E-state index contributed by atoms with van der Waals surface area (Å²) in [4.78, 5) is 14.6. The van der Waals surface area contributed by atoms with E-state index in [4.69, 9.17) is 75.8 Å². The second-order valence-electron chi connectivity index (χ2n) is 28.1. The second-order valence-corrected chi connectivity index (χ2v) is 28.1. The molecule has 0 aromatic heterocycles. The van der Waals surface area contributed by atoms with Gasteiger partial charge in [0.1, 0.15) is 36.6 Å². The lowest BCUT2D eigenvalue weighted by molar-refractivity contribution is -0.370. The molecule has 17 aliphatic rings. The van der Waals surface area contributed by atoms with Gasteiger partial charge >= 0.3 is 5.97 Å². The summed E-state index contributed by atoms with van der Waals surface area (Å²) in [6.07, 6.45) is 3.77. The van der Waals surface area contributed by atoms with Gasteiger partial charge in [0, 0.05) is 69.6 Å². The van der Waals surface area contributed by atoms with E-state index in [1.54, 1.807) is 0 Å². The van der Waals surface area contributed by atoms with E-state index >= 15 is 0 Å². The summed E-state index contributed by atoms with van der Waals surface area (Å²) in [5.74, 6) is -2.91. The van der Waals surface area contributed by atoms with Crippen molar-refractivity contribution in [2.75, 3.05) is 13.2 Å². The second kappa shape index (κ2) is 19.9. The number of aliphatic hydroxyl groups excluding tert-OH is 2. The van der Waals surface area contributed by atoms with Gasteiger partial charge in [0.05, 0.1) is 136 Å². The average molecular weight is 1120 g/mol. The van der Waals surface area contributed by atoms with Crippen molar-refractivity contribution in [1.82, 2.24) is 0 Å². The SMILES string of the molecule is C=C1C[C@@H]2CC[C@@]34C[C@H]5O[C@H]6[C@@H](O3)[C@H]3O[C@H](CC[C@@H]3O[C@H]6C5O4)CC(=O)O[C@@H]3[C@@H](C)[C@@H]4O[C@@H]5C[C@]6(C[C@@H]7O[C@]8(C[C@H](C)[C@@H]9O[C@@H]%10[C@@H]([C@@H](O)CO)CO[C@@H]%10C[C@@H]9O8)C[C@H](C)[C@@H]7O6)O[C@@H]5C[C@@H]4O[C@H]3C[C@H]3O[C@@H](CC[C@@H]1O2)C[C@@H](C)C3=C. The third-order valence-corrected chi connectivity index (χ3v) is 22.7. The molecular formula is C61H86O19. The molecule has 0 radical (unpaired) electrons. The lowest BCUT2D eigenvalue weighted by atomic mass is 9.77. The molecule has 0 aliphatic carbocycles. The Morgan fingerprint density at radius 2 is 1.18 bits per heavy atom. The number of hydrogen-bond acceptors (Lipinski definition) is 19. The Morgan fingerprint density at radius 1 is 0.500 bits per heavy atom. The van der Waals surface area contributed by atoms with Gasteiger partial charge in [-0.15, -0.1) is 0 Å². The molecule has 17 saturated heterocycles. The maximum absolute atomic E-state index is 14.6. The van der Waals surface area contributed by atoms with Crippen LogP contribution in [-0.4, -0.2) is 199 Å². The molecule has 17 rings (SSSR count). The van der Waals surface area contributed by atoms with Crippen LogP contribution in [0.3, 0.4) is 0 Å². The minimum absolute atomic E-state index is 0.0140. The highest BCUT2D eigenvalue weighted by Gasteiger charge is 2.70. The van der Waals surface area contributed by atoms with Crippen LogP contribution in [0.1, 0.15) is 137 Å². The van der Waals surface area contributed by atoms with Crippen LogP contribution in [0.2, 0.25) is 0 Å². The first-order chi connectivity index (χ1) is 38.6. The molecule has 0 aromatic rings. The monoisotopic (exact) mass is 1120 g/mol. The first kappa shape index (κ1) is 53.7. The van der Waals surface area contributed by atoms with E-state index < -0.39 is 54.0 Å². The van der Waals surface area contributed by atoms with Crippen molar-refractivity contribution in [2.24, 2.45) is 29.6 Å². The molecule has 17 fully saturated rings. The van der Waals surface area contributed by atoms with Gasteiger partial charge in [-0.2, -0.15) is 0 Å². The lowest BCUT2D eigenvalue weighted by Gasteiger charge is -2.54. The van der Waals surface area contributed by atoms with E-state index in [2.05, 4.69) is 40.9 Å². The Balaban J connectivity index is 0.628. The summed E-state index contributed by atoms with van der Waals surface area (Å²) >= 11 is 0. The van der Waals surface area contributed by atoms with Crippen LogP contribution >= 0.6 is 0 Å². The minimum atomic E-state index is -0.908. The van der Waals surface area contributed by atoms with Gasteiger partial charge in [0.2, 0.25) is 0 Å². The minimum Gasteiger partial charge on any atom is -0.459 e. The Hall–Kier alpha value is -1.73. The molecular weight excluding hydrogens is 1040 g/mol. The normalized spacial score (nSPS) is 58.9. The highest BCUT2D eigenvalue weighted by atomic mass is 16.8. The van der Waals surface area contributed by atoms with Crippen molar-refractivity contribution < 1.29 is 90.8 Å². The maximum Gasteiger partial charge on any atom is 0.308 e. The molecule has 19 nitrogen and oxygen atoms in total. The quantitative estimate of drug-likeness (QED) is 0.270. The fraction of sp³-hybridized carbons (Fsp3) is 0.918. The number of fused-ring (bicyclic) bond motifs is 11. The summed E-state index contributed by atoms with van der Waals surface area (Å²) in [6, 6.07) is 0. The van der Waals surface area contributed by atoms with E-state index in [-0.39, 0.29) is 165 Å². The summed E-state index contributed by atoms with van der Waals surface area (Å²) in [5.41, 5.74) is 2.16. The van der Waals surface area contributed by atoms with Crippen LogP contribution in [0.5, 0.6) is 0 Å². The lowest BCUT2D eigenvalue weighted by Crippen LogP contribution is -2.62. The van der Waals surface area contributed by atoms with Crippen molar-refractivity contribution >= 4 is 5.97 Å². The largest absolute Gasteiger partial charge is 0.459 e. The van der Waals surface area contributed by atoms with Crippen molar-refractivity contribution in [3.05, 3.63) is 24.3 Å².